The number of halogens is 1. The van der Waals surface area contributed by atoms with Gasteiger partial charge in [-0.1, -0.05) is 23.7 Å². The van der Waals surface area contributed by atoms with Crippen LogP contribution < -0.4 is 0 Å². The van der Waals surface area contributed by atoms with Crippen molar-refractivity contribution in [3.05, 3.63) is 57.5 Å². The molecule has 6 heteroatoms. The maximum atomic E-state index is 12.4. The Morgan fingerprint density at radius 3 is 2.91 bits per heavy atom. The van der Waals surface area contributed by atoms with Crippen LogP contribution in [0.3, 0.4) is 0 Å². The standard InChI is InChI=1S/C16H18ClN3OS/c1-4-9-20(11-13-6-5-10-22-13)15(21)8-7-14-12(2)18-19(3)16(14)17/h4-8,10H,1,9,11H2,2-3H3/b8-7+. The molecule has 0 atom stereocenters. The molecule has 116 valence electrons. The van der Waals surface area contributed by atoms with E-state index in [1.165, 1.54) is 6.08 Å². The predicted molar refractivity (Wildman–Crippen MR) is 91.9 cm³/mol. The van der Waals surface area contributed by atoms with Crippen LogP contribution in [0.25, 0.3) is 6.08 Å². The van der Waals surface area contributed by atoms with Crippen LogP contribution in [0.1, 0.15) is 16.1 Å². The van der Waals surface area contributed by atoms with Crippen LogP contribution in [0.4, 0.5) is 0 Å². The first kappa shape index (κ1) is 16.5. The van der Waals surface area contributed by atoms with Gasteiger partial charge in [0.25, 0.3) is 0 Å². The molecule has 0 aliphatic carbocycles. The summed E-state index contributed by atoms with van der Waals surface area (Å²) in [5.41, 5.74) is 1.57. The Morgan fingerprint density at radius 1 is 1.59 bits per heavy atom. The Balaban J connectivity index is 2.13. The lowest BCUT2D eigenvalue weighted by molar-refractivity contribution is -0.126. The maximum Gasteiger partial charge on any atom is 0.247 e. The van der Waals surface area contributed by atoms with E-state index in [1.54, 1.807) is 40.1 Å². The summed E-state index contributed by atoms with van der Waals surface area (Å²) in [6.45, 7) is 6.65. The highest BCUT2D eigenvalue weighted by molar-refractivity contribution is 7.09. The number of amides is 1. The Morgan fingerprint density at radius 2 is 2.36 bits per heavy atom. The van der Waals surface area contributed by atoms with Crippen LogP contribution in [-0.4, -0.2) is 27.1 Å². The van der Waals surface area contributed by atoms with Crippen LogP contribution in [0.15, 0.2) is 36.2 Å². The Bertz CT molecular complexity index is 689. The number of thiophene rings is 1. The average molecular weight is 336 g/mol. The van der Waals surface area contributed by atoms with E-state index >= 15 is 0 Å². The van der Waals surface area contributed by atoms with Gasteiger partial charge in [-0.05, 0) is 24.4 Å². The molecule has 0 saturated carbocycles. The number of carbonyl (C=O) groups is 1. The zero-order valence-corrected chi connectivity index (χ0v) is 14.2. The van der Waals surface area contributed by atoms with Crippen LogP contribution >= 0.6 is 22.9 Å². The zero-order valence-electron chi connectivity index (χ0n) is 12.6. The summed E-state index contributed by atoms with van der Waals surface area (Å²) in [6.07, 6.45) is 4.98. The van der Waals surface area contributed by atoms with Gasteiger partial charge in [-0.2, -0.15) is 5.10 Å². The number of carbonyl (C=O) groups excluding carboxylic acids is 1. The summed E-state index contributed by atoms with van der Waals surface area (Å²) in [7, 11) is 1.77. The van der Waals surface area contributed by atoms with Gasteiger partial charge >= 0.3 is 0 Å². The molecule has 2 aromatic rings. The van der Waals surface area contributed by atoms with Crippen molar-refractivity contribution in [2.45, 2.75) is 13.5 Å². The number of hydrogen-bond acceptors (Lipinski definition) is 3. The second kappa shape index (κ2) is 7.42. The van der Waals surface area contributed by atoms with Crippen molar-refractivity contribution in [2.24, 2.45) is 7.05 Å². The highest BCUT2D eigenvalue weighted by atomic mass is 35.5. The first-order chi connectivity index (χ1) is 10.5. The van der Waals surface area contributed by atoms with Gasteiger partial charge in [0, 0.05) is 30.1 Å². The summed E-state index contributed by atoms with van der Waals surface area (Å²) in [5.74, 6) is -0.0763. The number of hydrogen-bond donors (Lipinski definition) is 0. The van der Waals surface area contributed by atoms with Crippen LogP contribution in [0, 0.1) is 6.92 Å². The van der Waals surface area contributed by atoms with E-state index in [-0.39, 0.29) is 5.91 Å². The largest absolute Gasteiger partial charge is 0.330 e. The van der Waals surface area contributed by atoms with Gasteiger partial charge in [0.05, 0.1) is 12.2 Å². The molecule has 0 fully saturated rings. The molecule has 0 aliphatic rings. The van der Waals surface area contributed by atoms with Crippen molar-refractivity contribution >= 4 is 34.9 Å². The molecule has 22 heavy (non-hydrogen) atoms. The molecule has 2 aromatic heterocycles. The van der Waals surface area contributed by atoms with Gasteiger partial charge in [-0.25, -0.2) is 0 Å². The van der Waals surface area contributed by atoms with Gasteiger partial charge in [-0.15, -0.1) is 17.9 Å². The summed E-state index contributed by atoms with van der Waals surface area (Å²) in [6, 6.07) is 3.99. The lowest BCUT2D eigenvalue weighted by Gasteiger charge is -2.18. The molecule has 0 saturated heterocycles. The third kappa shape index (κ3) is 3.87. The van der Waals surface area contributed by atoms with Crippen LogP contribution in [0.5, 0.6) is 0 Å². The van der Waals surface area contributed by atoms with E-state index in [4.69, 9.17) is 11.6 Å². The Hall–Kier alpha value is -1.85. The van der Waals surface area contributed by atoms with Gasteiger partial charge in [0.2, 0.25) is 5.91 Å². The van der Waals surface area contributed by atoms with E-state index in [9.17, 15) is 4.79 Å². The lowest BCUT2D eigenvalue weighted by atomic mass is 10.2. The lowest BCUT2D eigenvalue weighted by Crippen LogP contribution is -2.28. The summed E-state index contributed by atoms with van der Waals surface area (Å²) in [4.78, 5) is 15.3. The molecule has 4 nitrogen and oxygen atoms in total. The molecule has 0 bridgehead atoms. The number of nitrogens with zero attached hydrogens (tertiary/aromatic N) is 3. The first-order valence-electron chi connectivity index (χ1n) is 6.82. The summed E-state index contributed by atoms with van der Waals surface area (Å²) in [5, 5.41) is 6.75. The number of aromatic nitrogens is 2. The Labute approximate surface area is 139 Å². The van der Waals surface area contributed by atoms with Gasteiger partial charge < -0.3 is 4.90 Å². The van der Waals surface area contributed by atoms with Crippen molar-refractivity contribution in [3.8, 4) is 0 Å². The molecular formula is C16H18ClN3OS. The Kier molecular flexibility index (Phi) is 5.57. The van der Waals surface area contributed by atoms with E-state index in [1.807, 2.05) is 24.4 Å². The van der Waals surface area contributed by atoms with E-state index < -0.39 is 0 Å². The fourth-order valence-electron chi connectivity index (χ4n) is 2.07. The van der Waals surface area contributed by atoms with Crippen LogP contribution in [0.2, 0.25) is 5.15 Å². The smallest absolute Gasteiger partial charge is 0.247 e. The second-order valence-corrected chi connectivity index (χ2v) is 6.22. The second-order valence-electron chi connectivity index (χ2n) is 4.83. The zero-order chi connectivity index (χ0) is 16.1. The van der Waals surface area contributed by atoms with Gasteiger partial charge in [0.1, 0.15) is 5.15 Å². The highest BCUT2D eigenvalue weighted by Crippen LogP contribution is 2.20. The van der Waals surface area contributed by atoms with Crippen molar-refractivity contribution < 1.29 is 4.79 Å². The minimum atomic E-state index is -0.0763. The molecular weight excluding hydrogens is 318 g/mol. The fraction of sp³-hybridized carbons (Fsp3) is 0.250. The quantitative estimate of drug-likeness (QED) is 0.596. The van der Waals surface area contributed by atoms with Gasteiger partial charge in [0.15, 0.2) is 0 Å². The van der Waals surface area contributed by atoms with Crippen molar-refractivity contribution in [1.82, 2.24) is 14.7 Å². The average Bonchev–Trinajstić information content (AvgIpc) is 3.06. The number of aryl methyl sites for hydroxylation is 2. The normalized spacial score (nSPS) is 11.0. The van der Waals surface area contributed by atoms with Crippen molar-refractivity contribution in [2.75, 3.05) is 6.54 Å². The molecule has 0 aromatic carbocycles. The van der Waals surface area contributed by atoms with E-state index in [0.717, 1.165) is 16.1 Å². The minimum absolute atomic E-state index is 0.0763. The van der Waals surface area contributed by atoms with Crippen molar-refractivity contribution in [1.29, 1.82) is 0 Å². The maximum absolute atomic E-state index is 12.4. The SMILES string of the molecule is C=CCN(Cc1cccs1)C(=O)/C=C/c1c(C)nn(C)c1Cl. The number of rotatable bonds is 6. The van der Waals surface area contributed by atoms with Crippen molar-refractivity contribution in [3.63, 3.8) is 0 Å². The minimum Gasteiger partial charge on any atom is -0.330 e. The first-order valence-corrected chi connectivity index (χ1v) is 8.08. The predicted octanol–water partition coefficient (Wildman–Crippen LogP) is 3.67. The van der Waals surface area contributed by atoms with Gasteiger partial charge in [-0.3, -0.25) is 9.48 Å². The molecule has 0 N–H and O–H groups in total. The molecule has 0 aliphatic heterocycles. The van der Waals surface area contributed by atoms with E-state index in [2.05, 4.69) is 11.7 Å². The molecule has 0 unspecified atom stereocenters. The highest BCUT2D eigenvalue weighted by Gasteiger charge is 2.12. The molecule has 0 spiro atoms. The third-order valence-corrected chi connectivity index (χ3v) is 4.49. The summed E-state index contributed by atoms with van der Waals surface area (Å²) < 4.78 is 1.59. The topological polar surface area (TPSA) is 38.1 Å². The molecule has 0 radical (unpaired) electrons. The monoisotopic (exact) mass is 335 g/mol. The molecule has 2 heterocycles. The molecule has 2 rings (SSSR count). The fourth-order valence-corrected chi connectivity index (χ4v) is 3.03. The summed E-state index contributed by atoms with van der Waals surface area (Å²) >= 11 is 7.79. The molecule has 1 amide bonds. The van der Waals surface area contributed by atoms with E-state index in [0.29, 0.717) is 18.2 Å². The van der Waals surface area contributed by atoms with Crippen LogP contribution in [-0.2, 0) is 18.4 Å². The third-order valence-electron chi connectivity index (χ3n) is 3.18.